The molecular weight excluding hydrogens is 288 g/mol. The Balaban J connectivity index is 2.96. The van der Waals surface area contributed by atoms with E-state index in [0.29, 0.717) is 5.56 Å². The fraction of sp³-hybridized carbons (Fsp3) is 0.364. The molecule has 1 aromatic rings. The van der Waals surface area contributed by atoms with E-state index in [1.165, 1.54) is 31.3 Å². The molecule has 1 atom stereocenters. The van der Waals surface area contributed by atoms with Crippen LogP contribution in [0.5, 0.6) is 0 Å². The van der Waals surface area contributed by atoms with Crippen LogP contribution in [0.2, 0.25) is 0 Å². The lowest BCUT2D eigenvalue weighted by atomic mass is 10.2. The fourth-order valence-electron chi connectivity index (χ4n) is 1.51. The van der Waals surface area contributed by atoms with Crippen LogP contribution in [-0.4, -0.2) is 41.0 Å². The van der Waals surface area contributed by atoms with Crippen LogP contribution in [0.15, 0.2) is 24.3 Å². The molecule has 1 rings (SSSR count). The van der Waals surface area contributed by atoms with Crippen LogP contribution in [0.1, 0.15) is 12.5 Å². The number of hydrogen-bond acceptors (Lipinski definition) is 5. The zero-order valence-corrected chi connectivity index (χ0v) is 11.7. The molecule has 0 fully saturated rings. The van der Waals surface area contributed by atoms with Gasteiger partial charge in [0.05, 0.1) is 4.92 Å². The molecule has 1 N–H and O–H groups in total. The van der Waals surface area contributed by atoms with Gasteiger partial charge in [0.2, 0.25) is 10.0 Å². The van der Waals surface area contributed by atoms with E-state index in [4.69, 9.17) is 5.11 Å². The van der Waals surface area contributed by atoms with Gasteiger partial charge < -0.3 is 5.11 Å². The average molecular weight is 302 g/mol. The summed E-state index contributed by atoms with van der Waals surface area (Å²) >= 11 is 0. The number of non-ortho nitro benzene ring substituents is 1. The number of sulfonamides is 1. The molecule has 8 nitrogen and oxygen atoms in total. The van der Waals surface area contributed by atoms with E-state index in [9.17, 15) is 23.3 Å². The molecule has 0 bridgehead atoms. The summed E-state index contributed by atoms with van der Waals surface area (Å²) in [5, 5.41) is 17.8. The molecule has 110 valence electrons. The number of aliphatic carboxylic acids is 1. The summed E-state index contributed by atoms with van der Waals surface area (Å²) in [5.74, 6) is -1.45. The van der Waals surface area contributed by atoms with Crippen molar-refractivity contribution < 1.29 is 23.2 Å². The minimum atomic E-state index is -4.01. The van der Waals surface area contributed by atoms with Crippen molar-refractivity contribution in [3.63, 3.8) is 0 Å². The van der Waals surface area contributed by atoms with Gasteiger partial charge in [0.1, 0.15) is 0 Å². The Bertz CT molecular complexity index is 628. The third-order valence-corrected chi connectivity index (χ3v) is 4.85. The third-order valence-electron chi connectivity index (χ3n) is 2.76. The maximum atomic E-state index is 11.9. The van der Waals surface area contributed by atoms with Gasteiger partial charge in [-0.25, -0.2) is 8.42 Å². The van der Waals surface area contributed by atoms with Crippen LogP contribution in [0.3, 0.4) is 0 Å². The first kappa shape index (κ1) is 16.1. The molecule has 0 radical (unpaired) electrons. The minimum absolute atomic E-state index is 0.137. The van der Waals surface area contributed by atoms with E-state index in [1.807, 2.05) is 0 Å². The molecule has 0 aromatic heterocycles. The summed E-state index contributed by atoms with van der Waals surface area (Å²) in [6.07, 6.45) is 0. The van der Waals surface area contributed by atoms with Gasteiger partial charge in [-0.1, -0.05) is 12.1 Å². The van der Waals surface area contributed by atoms with E-state index >= 15 is 0 Å². The van der Waals surface area contributed by atoms with E-state index in [1.54, 1.807) is 0 Å². The van der Waals surface area contributed by atoms with E-state index in [0.717, 1.165) is 11.2 Å². The standard InChI is InChI=1S/C11H14N2O6S/c1-8(11(14)15)20(18,19)12(2)7-9-4-3-5-10(6-9)13(16)17/h3-6,8H,7H2,1-2H3,(H,14,15). The number of benzene rings is 1. The molecule has 9 heteroatoms. The van der Waals surface area contributed by atoms with Crippen LogP contribution in [0, 0.1) is 10.1 Å². The van der Waals surface area contributed by atoms with Crippen molar-refractivity contribution in [3.05, 3.63) is 39.9 Å². The Kier molecular flexibility index (Phi) is 4.79. The van der Waals surface area contributed by atoms with Gasteiger partial charge in [0.15, 0.2) is 5.25 Å². The van der Waals surface area contributed by atoms with Crippen LogP contribution in [0.25, 0.3) is 0 Å². The van der Waals surface area contributed by atoms with Crippen LogP contribution in [-0.2, 0) is 21.4 Å². The van der Waals surface area contributed by atoms with Crippen molar-refractivity contribution in [2.75, 3.05) is 7.05 Å². The topological polar surface area (TPSA) is 118 Å². The van der Waals surface area contributed by atoms with Gasteiger partial charge in [-0.2, -0.15) is 4.31 Å². The lowest BCUT2D eigenvalue weighted by Crippen LogP contribution is -2.38. The third kappa shape index (κ3) is 3.52. The average Bonchev–Trinajstić information content (AvgIpc) is 2.37. The predicted octanol–water partition coefficient (Wildman–Crippen LogP) is 0.829. The van der Waals surface area contributed by atoms with Crippen molar-refractivity contribution in [2.24, 2.45) is 0 Å². The van der Waals surface area contributed by atoms with Crippen LogP contribution < -0.4 is 0 Å². The zero-order chi connectivity index (χ0) is 15.5. The number of nitro benzene ring substituents is 1. The molecule has 0 saturated heterocycles. The summed E-state index contributed by atoms with van der Waals surface area (Å²) in [6, 6.07) is 5.51. The lowest BCUT2D eigenvalue weighted by Gasteiger charge is -2.19. The van der Waals surface area contributed by atoms with Crippen molar-refractivity contribution in [2.45, 2.75) is 18.7 Å². The van der Waals surface area contributed by atoms with Gasteiger partial charge in [-0.3, -0.25) is 14.9 Å². The number of nitrogens with zero attached hydrogens (tertiary/aromatic N) is 2. The highest BCUT2D eigenvalue weighted by atomic mass is 32.2. The Morgan fingerprint density at radius 2 is 2.10 bits per heavy atom. The van der Waals surface area contributed by atoms with Crippen molar-refractivity contribution in [1.82, 2.24) is 4.31 Å². The molecule has 1 aromatic carbocycles. The summed E-state index contributed by atoms with van der Waals surface area (Å²) < 4.78 is 24.7. The summed E-state index contributed by atoms with van der Waals surface area (Å²) in [6.45, 7) is 0.934. The van der Waals surface area contributed by atoms with Gasteiger partial charge in [-0.05, 0) is 12.5 Å². The van der Waals surface area contributed by atoms with E-state index in [2.05, 4.69) is 0 Å². The minimum Gasteiger partial charge on any atom is -0.480 e. The molecular formula is C11H14N2O6S. The van der Waals surface area contributed by atoms with Gasteiger partial charge in [0, 0.05) is 25.7 Å². The number of carboxylic acid groups (broad SMARTS) is 1. The van der Waals surface area contributed by atoms with Gasteiger partial charge in [-0.15, -0.1) is 0 Å². The molecule has 1 unspecified atom stereocenters. The second-order valence-corrected chi connectivity index (χ2v) is 6.57. The lowest BCUT2D eigenvalue weighted by molar-refractivity contribution is -0.384. The van der Waals surface area contributed by atoms with Crippen molar-refractivity contribution in [3.8, 4) is 0 Å². The predicted molar refractivity (Wildman–Crippen MR) is 70.6 cm³/mol. The second-order valence-electron chi connectivity index (χ2n) is 4.21. The Morgan fingerprint density at radius 1 is 1.50 bits per heavy atom. The van der Waals surface area contributed by atoms with Gasteiger partial charge in [0.25, 0.3) is 5.69 Å². The molecule has 0 aliphatic rings. The highest BCUT2D eigenvalue weighted by molar-refractivity contribution is 7.90. The molecule has 0 heterocycles. The molecule has 0 saturated carbocycles. The second kappa shape index (κ2) is 5.97. The first-order chi connectivity index (χ1) is 9.16. The van der Waals surface area contributed by atoms with Crippen molar-refractivity contribution in [1.29, 1.82) is 0 Å². The van der Waals surface area contributed by atoms with E-state index in [-0.39, 0.29) is 12.2 Å². The number of nitro groups is 1. The largest absolute Gasteiger partial charge is 0.480 e. The Hall–Kier alpha value is -2.00. The molecule has 0 amide bonds. The number of rotatable bonds is 6. The summed E-state index contributed by atoms with van der Waals surface area (Å²) in [7, 11) is -2.78. The fourth-order valence-corrected chi connectivity index (χ4v) is 2.64. The molecule has 0 aliphatic heterocycles. The SMILES string of the molecule is CC(C(=O)O)S(=O)(=O)N(C)Cc1cccc([N+](=O)[O-])c1. The normalized spacial score (nSPS) is 13.2. The Morgan fingerprint density at radius 3 is 2.60 bits per heavy atom. The monoisotopic (exact) mass is 302 g/mol. The highest BCUT2D eigenvalue weighted by Crippen LogP contribution is 2.17. The maximum Gasteiger partial charge on any atom is 0.323 e. The number of carbonyl (C=O) groups is 1. The smallest absolute Gasteiger partial charge is 0.323 e. The van der Waals surface area contributed by atoms with Crippen molar-refractivity contribution >= 4 is 21.7 Å². The number of hydrogen-bond donors (Lipinski definition) is 1. The molecule has 20 heavy (non-hydrogen) atoms. The van der Waals surface area contributed by atoms with Crippen LogP contribution >= 0.6 is 0 Å². The number of carboxylic acids is 1. The quantitative estimate of drug-likeness (QED) is 0.614. The highest BCUT2D eigenvalue weighted by Gasteiger charge is 2.31. The molecule has 0 aliphatic carbocycles. The summed E-state index contributed by atoms with van der Waals surface area (Å²) in [4.78, 5) is 20.8. The summed E-state index contributed by atoms with van der Waals surface area (Å²) in [5.41, 5.74) is 0.252. The molecule has 0 spiro atoms. The maximum absolute atomic E-state index is 11.9. The first-order valence-corrected chi connectivity index (χ1v) is 7.08. The van der Waals surface area contributed by atoms with Crippen LogP contribution in [0.4, 0.5) is 5.69 Å². The zero-order valence-electron chi connectivity index (χ0n) is 10.9. The Labute approximate surface area is 115 Å². The van der Waals surface area contributed by atoms with Gasteiger partial charge >= 0.3 is 5.97 Å². The van der Waals surface area contributed by atoms with E-state index < -0.39 is 26.2 Å². The first-order valence-electron chi connectivity index (χ1n) is 5.57.